The first-order valence-electron chi connectivity index (χ1n) is 9.42. The number of pyridine rings is 1. The lowest BCUT2D eigenvalue weighted by Gasteiger charge is -2.18. The summed E-state index contributed by atoms with van der Waals surface area (Å²) in [6, 6.07) is 7.38. The lowest BCUT2D eigenvalue weighted by Crippen LogP contribution is -2.30. The molecule has 0 bridgehead atoms. The van der Waals surface area contributed by atoms with Gasteiger partial charge in [0.05, 0.1) is 11.2 Å². The number of nitrogens with zero attached hydrogens (tertiary/aromatic N) is 4. The summed E-state index contributed by atoms with van der Waals surface area (Å²) in [6.07, 6.45) is -9.28. The third kappa shape index (κ3) is 6.75. The fourth-order valence-electron chi connectivity index (χ4n) is 2.54. The van der Waals surface area contributed by atoms with Crippen molar-refractivity contribution in [3.8, 4) is 11.5 Å². The topological polar surface area (TPSA) is 95.8 Å². The van der Waals surface area contributed by atoms with E-state index in [-0.39, 0.29) is 35.6 Å². The van der Waals surface area contributed by atoms with Gasteiger partial charge in [0.25, 0.3) is 0 Å². The van der Waals surface area contributed by atoms with Crippen molar-refractivity contribution in [3.63, 3.8) is 0 Å². The molecule has 2 aromatic heterocycles. The molecule has 0 aliphatic rings. The number of rotatable bonds is 6. The monoisotopic (exact) mass is 472 g/mol. The van der Waals surface area contributed by atoms with E-state index in [1.165, 1.54) is 32.0 Å². The molecule has 176 valence electrons. The van der Waals surface area contributed by atoms with Crippen LogP contribution in [0.25, 0.3) is 11.5 Å². The highest BCUT2D eigenvalue weighted by Crippen LogP contribution is 2.32. The second-order valence-corrected chi connectivity index (χ2v) is 7.58. The van der Waals surface area contributed by atoms with Crippen molar-refractivity contribution >= 4 is 17.6 Å². The normalized spacial score (nSPS) is 12.5. The molecular weight excluding hydrogens is 454 g/mol. The predicted octanol–water partition coefficient (Wildman–Crippen LogP) is 4.90. The summed E-state index contributed by atoms with van der Waals surface area (Å²) >= 11 is 0. The smallest absolute Gasteiger partial charge is 0.389 e. The third-order valence-corrected chi connectivity index (χ3v) is 4.03. The Morgan fingerprint density at radius 1 is 0.818 bits per heavy atom. The van der Waals surface area contributed by atoms with Crippen LogP contribution in [0.1, 0.15) is 25.1 Å². The molecule has 0 unspecified atom stereocenters. The van der Waals surface area contributed by atoms with Crippen molar-refractivity contribution in [2.24, 2.45) is 0 Å². The molecule has 0 aliphatic heterocycles. The zero-order valence-electron chi connectivity index (χ0n) is 17.3. The average molecular weight is 472 g/mol. The van der Waals surface area contributed by atoms with E-state index in [1.54, 1.807) is 0 Å². The highest BCUT2D eigenvalue weighted by atomic mass is 19.4. The molecule has 0 saturated carbocycles. The molecule has 3 N–H and O–H groups in total. The first-order chi connectivity index (χ1) is 15.2. The number of alkyl halides is 6. The summed E-state index contributed by atoms with van der Waals surface area (Å²) in [5, 5.41) is 15.2. The Morgan fingerprint density at radius 3 is 2.12 bits per heavy atom. The highest BCUT2D eigenvalue weighted by Gasteiger charge is 2.33. The molecule has 0 fully saturated rings. The Balaban J connectivity index is 2.02. The van der Waals surface area contributed by atoms with Crippen LogP contribution in [0.3, 0.4) is 0 Å². The van der Waals surface area contributed by atoms with Crippen LogP contribution in [-0.2, 0) is 12.4 Å². The van der Waals surface area contributed by atoms with Crippen molar-refractivity contribution in [2.75, 3.05) is 17.2 Å². The summed E-state index contributed by atoms with van der Waals surface area (Å²) in [5.41, 5.74) is -3.51. The van der Waals surface area contributed by atoms with Gasteiger partial charge in [0.15, 0.2) is 5.82 Å². The van der Waals surface area contributed by atoms with Crippen molar-refractivity contribution in [1.29, 1.82) is 0 Å². The number of halogens is 6. The van der Waals surface area contributed by atoms with E-state index < -0.39 is 29.2 Å². The number of anilines is 3. The van der Waals surface area contributed by atoms with E-state index in [4.69, 9.17) is 0 Å². The summed E-state index contributed by atoms with van der Waals surface area (Å²) in [4.78, 5) is 15.6. The fraction of sp³-hybridized carbons (Fsp3) is 0.300. The van der Waals surface area contributed by atoms with Gasteiger partial charge in [0.1, 0.15) is 11.4 Å². The molecule has 3 aromatic rings. The molecule has 0 radical (unpaired) electrons. The van der Waals surface area contributed by atoms with Crippen LogP contribution in [0, 0.1) is 0 Å². The number of hydrogen-bond acceptors (Lipinski definition) is 7. The average Bonchev–Trinajstić information content (AvgIpc) is 2.71. The lowest BCUT2D eigenvalue weighted by atomic mass is 10.1. The van der Waals surface area contributed by atoms with Gasteiger partial charge >= 0.3 is 12.4 Å². The van der Waals surface area contributed by atoms with Gasteiger partial charge in [-0.2, -0.15) is 41.3 Å². The van der Waals surface area contributed by atoms with Crippen molar-refractivity contribution < 1.29 is 31.4 Å². The summed E-state index contributed by atoms with van der Waals surface area (Å²) in [6.45, 7) is 2.96. The molecule has 2 heterocycles. The van der Waals surface area contributed by atoms with Gasteiger partial charge in [0, 0.05) is 12.2 Å². The van der Waals surface area contributed by atoms with E-state index in [9.17, 15) is 31.4 Å². The molecule has 0 aliphatic carbocycles. The number of aromatic nitrogens is 4. The largest absolute Gasteiger partial charge is 0.433 e. The third-order valence-electron chi connectivity index (χ3n) is 4.03. The van der Waals surface area contributed by atoms with E-state index in [0.29, 0.717) is 0 Å². The van der Waals surface area contributed by atoms with Crippen LogP contribution in [0.5, 0.6) is 0 Å². The minimum atomic E-state index is -4.70. The Bertz CT molecular complexity index is 1130. The van der Waals surface area contributed by atoms with Crippen LogP contribution < -0.4 is 10.6 Å². The van der Waals surface area contributed by atoms with Gasteiger partial charge in [-0.25, -0.2) is 4.98 Å². The molecule has 13 heteroatoms. The number of aliphatic hydroxyl groups is 1. The maximum absolute atomic E-state index is 13.1. The standard InChI is InChI=1S/C20H18F6N6O/c1-18(2,33)10-27-16-30-15(13-7-4-8-14(29-13)20(24,25)26)31-17(32-16)28-12-6-3-5-11(9-12)19(21,22)23/h3-9,33H,10H2,1-2H3,(H2,27,28,30,31,32). The number of benzene rings is 1. The van der Waals surface area contributed by atoms with E-state index >= 15 is 0 Å². The van der Waals surface area contributed by atoms with Gasteiger partial charge in [-0.05, 0) is 44.2 Å². The van der Waals surface area contributed by atoms with Gasteiger partial charge in [-0.1, -0.05) is 12.1 Å². The summed E-state index contributed by atoms with van der Waals surface area (Å²) in [7, 11) is 0. The molecule has 7 nitrogen and oxygen atoms in total. The molecule has 1 aromatic carbocycles. The maximum atomic E-state index is 13.1. The van der Waals surface area contributed by atoms with Crippen LogP contribution in [0.4, 0.5) is 43.9 Å². The maximum Gasteiger partial charge on any atom is 0.433 e. The van der Waals surface area contributed by atoms with Crippen molar-refractivity contribution in [3.05, 3.63) is 53.7 Å². The zero-order chi connectivity index (χ0) is 24.4. The second kappa shape index (κ2) is 8.81. The van der Waals surface area contributed by atoms with Crippen LogP contribution in [0.2, 0.25) is 0 Å². The minimum absolute atomic E-state index is 0.00702. The quantitative estimate of drug-likeness (QED) is 0.440. The SMILES string of the molecule is CC(C)(O)CNc1nc(Nc2cccc(C(F)(F)F)c2)nc(-c2cccc(C(F)(F)F)n2)n1. The van der Waals surface area contributed by atoms with Crippen molar-refractivity contribution in [1.82, 2.24) is 19.9 Å². The van der Waals surface area contributed by atoms with Gasteiger partial charge in [-0.15, -0.1) is 0 Å². The minimum Gasteiger partial charge on any atom is -0.389 e. The predicted molar refractivity (Wildman–Crippen MR) is 108 cm³/mol. The number of hydrogen-bond donors (Lipinski definition) is 3. The fourth-order valence-corrected chi connectivity index (χ4v) is 2.54. The van der Waals surface area contributed by atoms with Gasteiger partial charge < -0.3 is 15.7 Å². The molecule has 3 rings (SSSR count). The van der Waals surface area contributed by atoms with Gasteiger partial charge in [-0.3, -0.25) is 0 Å². The summed E-state index contributed by atoms with van der Waals surface area (Å²) in [5.74, 6) is -0.628. The van der Waals surface area contributed by atoms with Crippen LogP contribution in [0.15, 0.2) is 42.5 Å². The molecule has 0 atom stereocenters. The second-order valence-electron chi connectivity index (χ2n) is 7.58. The Hall–Kier alpha value is -3.48. The molecule has 33 heavy (non-hydrogen) atoms. The first-order valence-corrected chi connectivity index (χ1v) is 9.42. The summed E-state index contributed by atoms with van der Waals surface area (Å²) < 4.78 is 78.2. The Labute approximate surface area is 184 Å². The van der Waals surface area contributed by atoms with Crippen LogP contribution in [-0.4, -0.2) is 37.2 Å². The van der Waals surface area contributed by atoms with Crippen LogP contribution >= 0.6 is 0 Å². The molecule has 0 spiro atoms. The van der Waals surface area contributed by atoms with Crippen molar-refractivity contribution in [2.45, 2.75) is 31.8 Å². The van der Waals surface area contributed by atoms with E-state index in [1.807, 2.05) is 0 Å². The molecule has 0 amide bonds. The van der Waals surface area contributed by atoms with E-state index in [2.05, 4.69) is 30.6 Å². The lowest BCUT2D eigenvalue weighted by molar-refractivity contribution is -0.141. The Morgan fingerprint density at radius 2 is 1.48 bits per heavy atom. The zero-order valence-corrected chi connectivity index (χ0v) is 17.3. The highest BCUT2D eigenvalue weighted by molar-refractivity contribution is 5.59. The number of nitrogens with one attached hydrogen (secondary N) is 2. The molecular formula is C20H18F6N6O. The Kier molecular flexibility index (Phi) is 6.45. The molecule has 0 saturated heterocycles. The van der Waals surface area contributed by atoms with Gasteiger partial charge in [0.2, 0.25) is 11.9 Å². The van der Waals surface area contributed by atoms with E-state index in [0.717, 1.165) is 24.3 Å². The first kappa shape index (κ1) is 24.2.